The number of esters is 1. The number of aromatic nitrogens is 1. The molecule has 0 spiro atoms. The standard InChI is InChI=1S/C26H34FN3O6/c1-26(2,3)36-25(32)30-13-12-29(14-18-6-8-20(33-4)9-7-18)19(15-30)16-35-17-23-21(27)10-11-22(28-23)24(31)34-5/h6-11,19H,12-17H2,1-5H3. The predicted molar refractivity (Wildman–Crippen MR) is 130 cm³/mol. The monoisotopic (exact) mass is 503 g/mol. The first-order chi connectivity index (χ1) is 17.1. The van der Waals surface area contributed by atoms with Gasteiger partial charge in [0.1, 0.15) is 28.6 Å². The second-order valence-corrected chi connectivity index (χ2v) is 9.53. The Balaban J connectivity index is 1.70. The maximum atomic E-state index is 14.3. The molecule has 0 bridgehead atoms. The van der Waals surface area contributed by atoms with Crippen molar-refractivity contribution in [3.05, 3.63) is 59.2 Å². The summed E-state index contributed by atoms with van der Waals surface area (Å²) in [7, 11) is 2.86. The van der Waals surface area contributed by atoms with Gasteiger partial charge in [0.25, 0.3) is 0 Å². The Labute approximate surface area is 211 Å². The van der Waals surface area contributed by atoms with Crippen LogP contribution in [-0.2, 0) is 27.4 Å². The van der Waals surface area contributed by atoms with E-state index < -0.39 is 17.4 Å². The van der Waals surface area contributed by atoms with Gasteiger partial charge in [0.05, 0.1) is 33.5 Å². The minimum absolute atomic E-state index is 0.00685. The summed E-state index contributed by atoms with van der Waals surface area (Å²) in [6.07, 6.45) is -0.380. The third-order valence-electron chi connectivity index (χ3n) is 5.66. The number of hydrogen-bond donors (Lipinski definition) is 0. The number of methoxy groups -OCH3 is 2. The van der Waals surface area contributed by atoms with E-state index >= 15 is 0 Å². The number of carbonyl (C=O) groups is 2. The number of rotatable bonds is 8. The molecule has 1 aliphatic rings. The van der Waals surface area contributed by atoms with E-state index in [4.69, 9.17) is 14.2 Å². The molecular weight excluding hydrogens is 469 g/mol. The zero-order valence-corrected chi connectivity index (χ0v) is 21.5. The first kappa shape index (κ1) is 27.3. The number of piperazine rings is 1. The lowest BCUT2D eigenvalue weighted by molar-refractivity contribution is -0.0200. The van der Waals surface area contributed by atoms with Crippen molar-refractivity contribution in [1.82, 2.24) is 14.8 Å². The van der Waals surface area contributed by atoms with Crippen LogP contribution in [-0.4, -0.2) is 78.9 Å². The zero-order valence-electron chi connectivity index (χ0n) is 21.5. The summed E-state index contributed by atoms with van der Waals surface area (Å²) >= 11 is 0. The van der Waals surface area contributed by atoms with Gasteiger partial charge in [-0.2, -0.15) is 0 Å². The highest BCUT2D eigenvalue weighted by Crippen LogP contribution is 2.20. The van der Waals surface area contributed by atoms with Gasteiger partial charge in [0, 0.05) is 26.2 Å². The number of ether oxygens (including phenoxy) is 4. The zero-order chi connectivity index (χ0) is 26.3. The molecule has 0 radical (unpaired) electrons. The van der Waals surface area contributed by atoms with Crippen molar-refractivity contribution < 1.29 is 32.9 Å². The molecule has 196 valence electrons. The molecule has 0 N–H and O–H groups in total. The Morgan fingerprint density at radius 1 is 1.08 bits per heavy atom. The summed E-state index contributed by atoms with van der Waals surface area (Å²) in [6.45, 7) is 7.74. The van der Waals surface area contributed by atoms with Crippen molar-refractivity contribution in [3.8, 4) is 5.75 Å². The fourth-order valence-electron chi connectivity index (χ4n) is 3.81. The molecule has 1 aliphatic heterocycles. The molecule has 1 saturated heterocycles. The number of amides is 1. The molecule has 10 heteroatoms. The van der Waals surface area contributed by atoms with Gasteiger partial charge in [-0.1, -0.05) is 12.1 Å². The van der Waals surface area contributed by atoms with Crippen molar-refractivity contribution in [3.63, 3.8) is 0 Å². The fraction of sp³-hybridized carbons (Fsp3) is 0.500. The Morgan fingerprint density at radius 2 is 1.81 bits per heavy atom. The van der Waals surface area contributed by atoms with E-state index in [1.165, 1.54) is 19.2 Å². The van der Waals surface area contributed by atoms with E-state index in [2.05, 4.69) is 14.6 Å². The van der Waals surface area contributed by atoms with Gasteiger partial charge in [-0.3, -0.25) is 4.90 Å². The molecule has 1 aromatic heterocycles. The average molecular weight is 504 g/mol. The molecule has 9 nitrogen and oxygen atoms in total. The topological polar surface area (TPSA) is 90.4 Å². The average Bonchev–Trinajstić information content (AvgIpc) is 2.85. The lowest BCUT2D eigenvalue weighted by Gasteiger charge is -2.41. The summed E-state index contributed by atoms with van der Waals surface area (Å²) in [5, 5.41) is 0. The first-order valence-electron chi connectivity index (χ1n) is 11.8. The smallest absolute Gasteiger partial charge is 0.410 e. The Kier molecular flexibility index (Phi) is 9.22. The second-order valence-electron chi connectivity index (χ2n) is 9.53. The van der Waals surface area contributed by atoms with Gasteiger partial charge < -0.3 is 23.8 Å². The number of carbonyl (C=O) groups excluding carboxylic acids is 2. The van der Waals surface area contributed by atoms with E-state index in [-0.39, 0.29) is 36.7 Å². The maximum absolute atomic E-state index is 14.3. The predicted octanol–water partition coefficient (Wildman–Crippen LogP) is 3.65. The molecule has 1 amide bonds. The number of halogens is 1. The van der Waals surface area contributed by atoms with Gasteiger partial charge in [-0.05, 0) is 50.6 Å². The summed E-state index contributed by atoms with van der Waals surface area (Å²) in [6, 6.07) is 10.1. The largest absolute Gasteiger partial charge is 0.497 e. The van der Waals surface area contributed by atoms with Crippen LogP contribution in [0.2, 0.25) is 0 Å². The first-order valence-corrected chi connectivity index (χ1v) is 11.8. The summed E-state index contributed by atoms with van der Waals surface area (Å²) in [5.74, 6) is -0.448. The number of benzene rings is 1. The quantitative estimate of drug-likeness (QED) is 0.505. The lowest BCUT2D eigenvalue weighted by atomic mass is 10.1. The van der Waals surface area contributed by atoms with Gasteiger partial charge >= 0.3 is 12.1 Å². The molecule has 3 rings (SSSR count). The van der Waals surface area contributed by atoms with Crippen LogP contribution in [0, 0.1) is 5.82 Å². The molecule has 2 aromatic rings. The minimum Gasteiger partial charge on any atom is -0.497 e. The molecular formula is C26H34FN3O6. The van der Waals surface area contributed by atoms with E-state index in [0.717, 1.165) is 11.3 Å². The molecule has 0 aliphatic carbocycles. The van der Waals surface area contributed by atoms with Gasteiger partial charge in [-0.25, -0.2) is 19.0 Å². The number of pyridine rings is 1. The molecule has 1 unspecified atom stereocenters. The number of hydrogen-bond acceptors (Lipinski definition) is 8. The maximum Gasteiger partial charge on any atom is 0.410 e. The van der Waals surface area contributed by atoms with Crippen molar-refractivity contribution >= 4 is 12.1 Å². The summed E-state index contributed by atoms with van der Waals surface area (Å²) in [5.41, 5.74) is 0.508. The van der Waals surface area contributed by atoms with Crippen LogP contribution >= 0.6 is 0 Å². The van der Waals surface area contributed by atoms with Crippen LogP contribution in [0.3, 0.4) is 0 Å². The van der Waals surface area contributed by atoms with Crippen LogP contribution in [0.15, 0.2) is 36.4 Å². The van der Waals surface area contributed by atoms with Crippen LogP contribution in [0.4, 0.5) is 9.18 Å². The van der Waals surface area contributed by atoms with Gasteiger partial charge in [-0.15, -0.1) is 0 Å². The SMILES string of the molecule is COC(=O)c1ccc(F)c(COCC2CN(C(=O)OC(C)(C)C)CCN2Cc2ccc(OC)cc2)n1. The fourth-order valence-corrected chi connectivity index (χ4v) is 3.81. The second kappa shape index (κ2) is 12.1. The van der Waals surface area contributed by atoms with Crippen LogP contribution in [0.1, 0.15) is 42.5 Å². The van der Waals surface area contributed by atoms with E-state index in [9.17, 15) is 14.0 Å². The van der Waals surface area contributed by atoms with Crippen molar-refractivity contribution in [2.45, 2.75) is 45.6 Å². The Morgan fingerprint density at radius 3 is 2.44 bits per heavy atom. The molecule has 2 heterocycles. The van der Waals surface area contributed by atoms with E-state index in [0.29, 0.717) is 26.2 Å². The number of nitrogens with zero attached hydrogens (tertiary/aromatic N) is 3. The highest BCUT2D eigenvalue weighted by atomic mass is 19.1. The molecule has 36 heavy (non-hydrogen) atoms. The van der Waals surface area contributed by atoms with Crippen LogP contribution in [0.25, 0.3) is 0 Å². The third kappa shape index (κ3) is 7.63. The van der Waals surface area contributed by atoms with Gasteiger partial charge in [0.15, 0.2) is 0 Å². The van der Waals surface area contributed by atoms with Crippen LogP contribution in [0.5, 0.6) is 5.75 Å². The van der Waals surface area contributed by atoms with E-state index in [1.807, 2.05) is 45.0 Å². The van der Waals surface area contributed by atoms with Crippen molar-refractivity contribution in [2.75, 3.05) is 40.5 Å². The Hall–Kier alpha value is -3.24. The van der Waals surface area contributed by atoms with E-state index in [1.54, 1.807) is 12.0 Å². The highest BCUT2D eigenvalue weighted by Gasteiger charge is 2.32. The van der Waals surface area contributed by atoms with Gasteiger partial charge in [0.2, 0.25) is 0 Å². The Bertz CT molecular complexity index is 1040. The lowest BCUT2D eigenvalue weighted by Crippen LogP contribution is -2.56. The molecule has 1 fully saturated rings. The van der Waals surface area contributed by atoms with Crippen molar-refractivity contribution in [1.29, 1.82) is 0 Å². The molecule has 1 aromatic carbocycles. The minimum atomic E-state index is -0.651. The normalized spacial score (nSPS) is 16.5. The third-order valence-corrected chi connectivity index (χ3v) is 5.66. The van der Waals surface area contributed by atoms with Crippen LogP contribution < -0.4 is 4.74 Å². The van der Waals surface area contributed by atoms with Crippen molar-refractivity contribution in [2.24, 2.45) is 0 Å². The summed E-state index contributed by atoms with van der Waals surface area (Å²) in [4.78, 5) is 32.3. The highest BCUT2D eigenvalue weighted by molar-refractivity contribution is 5.87. The molecule has 0 saturated carbocycles. The summed E-state index contributed by atoms with van der Waals surface area (Å²) < 4.78 is 35.6. The molecule has 1 atom stereocenters.